The molecule has 0 fully saturated rings. The number of halogens is 1. The van der Waals surface area contributed by atoms with Crippen LogP contribution in [0.3, 0.4) is 0 Å². The van der Waals surface area contributed by atoms with Crippen LogP contribution in [0.2, 0.25) is 0 Å². The Bertz CT molecular complexity index is 587. The van der Waals surface area contributed by atoms with E-state index in [2.05, 4.69) is 29.5 Å². The van der Waals surface area contributed by atoms with E-state index in [4.69, 9.17) is 16.3 Å². The van der Waals surface area contributed by atoms with Crippen molar-refractivity contribution in [2.45, 2.75) is 52.6 Å². The van der Waals surface area contributed by atoms with E-state index in [0.29, 0.717) is 5.92 Å². The molecule has 0 radical (unpaired) electrons. The highest BCUT2D eigenvalue weighted by atomic mass is 35.5. The first-order valence-electron chi connectivity index (χ1n) is 7.19. The molecule has 0 aliphatic rings. The lowest BCUT2D eigenvalue weighted by Crippen LogP contribution is -2.09. The van der Waals surface area contributed by atoms with Crippen LogP contribution in [0.1, 0.15) is 45.8 Å². The van der Waals surface area contributed by atoms with Crippen molar-refractivity contribution in [2.24, 2.45) is 5.92 Å². The number of imidazole rings is 1. The third-order valence-electron chi connectivity index (χ3n) is 3.02. The zero-order chi connectivity index (χ0) is 14.9. The lowest BCUT2D eigenvalue weighted by molar-refractivity contribution is 0.242. The molecule has 3 nitrogen and oxygen atoms in total. The zero-order valence-electron chi connectivity index (χ0n) is 12.9. The van der Waals surface area contributed by atoms with Gasteiger partial charge in [-0.15, -0.1) is 11.6 Å². The molecule has 1 heterocycles. The standard InChI is InChI=1S/C16H23ClN2O/c1-10(2)9-19-15-7-6-13(20-11(3)4)8-14(15)18-16(19)12(5)17/h6-8,10-12H,9H2,1-5H3. The summed E-state index contributed by atoms with van der Waals surface area (Å²) in [5.74, 6) is 2.33. The van der Waals surface area contributed by atoms with E-state index in [-0.39, 0.29) is 11.5 Å². The number of alkyl halides is 1. The summed E-state index contributed by atoms with van der Waals surface area (Å²) in [6.45, 7) is 11.3. The Morgan fingerprint density at radius 1 is 1.20 bits per heavy atom. The molecule has 4 heteroatoms. The molecule has 1 aromatic carbocycles. The number of nitrogens with zero attached hydrogens (tertiary/aromatic N) is 2. The Morgan fingerprint density at radius 3 is 2.45 bits per heavy atom. The van der Waals surface area contributed by atoms with Gasteiger partial charge < -0.3 is 9.30 Å². The Hall–Kier alpha value is -1.22. The van der Waals surface area contributed by atoms with Crippen LogP contribution in [-0.2, 0) is 6.54 Å². The minimum absolute atomic E-state index is 0.101. The molecule has 1 atom stereocenters. The van der Waals surface area contributed by atoms with Gasteiger partial charge in [-0.2, -0.15) is 0 Å². The Balaban J connectivity index is 2.49. The summed E-state index contributed by atoms with van der Waals surface area (Å²) < 4.78 is 7.95. The molecule has 0 aliphatic carbocycles. The summed E-state index contributed by atoms with van der Waals surface area (Å²) in [7, 11) is 0. The maximum absolute atomic E-state index is 6.27. The van der Waals surface area contributed by atoms with Crippen LogP contribution in [-0.4, -0.2) is 15.7 Å². The molecule has 0 saturated heterocycles. The molecular formula is C16H23ClN2O. The molecule has 2 rings (SSSR count). The van der Waals surface area contributed by atoms with E-state index in [0.717, 1.165) is 29.2 Å². The summed E-state index contributed by atoms with van der Waals surface area (Å²) in [5.41, 5.74) is 2.07. The van der Waals surface area contributed by atoms with Gasteiger partial charge in [0, 0.05) is 12.6 Å². The Kier molecular flexibility index (Phi) is 4.59. The average Bonchev–Trinajstić information content (AvgIpc) is 2.66. The van der Waals surface area contributed by atoms with Gasteiger partial charge in [0.2, 0.25) is 0 Å². The van der Waals surface area contributed by atoms with Gasteiger partial charge in [0.1, 0.15) is 11.6 Å². The van der Waals surface area contributed by atoms with Crippen molar-refractivity contribution in [1.82, 2.24) is 9.55 Å². The number of hydrogen-bond donors (Lipinski definition) is 0. The Labute approximate surface area is 125 Å². The second-order valence-corrected chi connectivity index (χ2v) is 6.56. The second-order valence-electron chi connectivity index (χ2n) is 5.91. The largest absolute Gasteiger partial charge is 0.491 e. The van der Waals surface area contributed by atoms with E-state index >= 15 is 0 Å². The highest BCUT2D eigenvalue weighted by molar-refractivity contribution is 6.20. The molecule has 110 valence electrons. The van der Waals surface area contributed by atoms with Gasteiger partial charge in [-0.1, -0.05) is 13.8 Å². The minimum atomic E-state index is -0.101. The van der Waals surface area contributed by atoms with E-state index in [1.54, 1.807) is 0 Å². The lowest BCUT2D eigenvalue weighted by atomic mass is 10.2. The van der Waals surface area contributed by atoms with Gasteiger partial charge in [0.25, 0.3) is 0 Å². The highest BCUT2D eigenvalue weighted by Crippen LogP contribution is 2.28. The zero-order valence-corrected chi connectivity index (χ0v) is 13.6. The number of fused-ring (bicyclic) bond motifs is 1. The van der Waals surface area contributed by atoms with E-state index in [9.17, 15) is 0 Å². The van der Waals surface area contributed by atoms with Crippen LogP contribution < -0.4 is 4.74 Å². The smallest absolute Gasteiger partial charge is 0.127 e. The van der Waals surface area contributed by atoms with Crippen LogP contribution in [0.25, 0.3) is 11.0 Å². The lowest BCUT2D eigenvalue weighted by Gasteiger charge is -2.13. The molecule has 0 N–H and O–H groups in total. The van der Waals surface area contributed by atoms with E-state index in [1.807, 2.05) is 32.9 Å². The molecule has 0 amide bonds. The van der Waals surface area contributed by atoms with E-state index < -0.39 is 0 Å². The molecule has 0 bridgehead atoms. The van der Waals surface area contributed by atoms with Crippen molar-refractivity contribution in [2.75, 3.05) is 0 Å². The fourth-order valence-corrected chi connectivity index (χ4v) is 2.50. The van der Waals surface area contributed by atoms with Gasteiger partial charge in [0.05, 0.1) is 22.5 Å². The van der Waals surface area contributed by atoms with Gasteiger partial charge in [-0.05, 0) is 38.8 Å². The molecule has 2 aromatic rings. The van der Waals surface area contributed by atoms with Crippen LogP contribution in [0.4, 0.5) is 0 Å². The maximum atomic E-state index is 6.27. The van der Waals surface area contributed by atoms with Crippen LogP contribution >= 0.6 is 11.6 Å². The summed E-state index contributed by atoms with van der Waals surface area (Å²) in [6.07, 6.45) is 0.164. The molecule has 1 unspecified atom stereocenters. The molecule has 1 aromatic heterocycles. The SMILES string of the molecule is CC(C)Cn1c(C(C)Cl)nc2cc(OC(C)C)ccc21. The third kappa shape index (κ3) is 3.26. The third-order valence-corrected chi connectivity index (χ3v) is 3.22. The van der Waals surface area contributed by atoms with Crippen molar-refractivity contribution in [3.8, 4) is 5.75 Å². The first kappa shape index (κ1) is 15.2. The van der Waals surface area contributed by atoms with Crippen LogP contribution in [0.15, 0.2) is 18.2 Å². The first-order valence-corrected chi connectivity index (χ1v) is 7.63. The van der Waals surface area contributed by atoms with Crippen molar-refractivity contribution in [3.05, 3.63) is 24.0 Å². The fraction of sp³-hybridized carbons (Fsp3) is 0.562. The molecular weight excluding hydrogens is 272 g/mol. The van der Waals surface area contributed by atoms with Crippen LogP contribution in [0, 0.1) is 5.92 Å². The second kappa shape index (κ2) is 6.04. The highest BCUT2D eigenvalue weighted by Gasteiger charge is 2.16. The summed E-state index contributed by atoms with van der Waals surface area (Å²) in [6, 6.07) is 6.07. The van der Waals surface area contributed by atoms with Crippen LogP contribution in [0.5, 0.6) is 5.75 Å². The van der Waals surface area contributed by atoms with Crippen molar-refractivity contribution < 1.29 is 4.74 Å². The number of benzene rings is 1. The summed E-state index contributed by atoms with van der Waals surface area (Å²) in [4.78, 5) is 4.68. The predicted molar refractivity (Wildman–Crippen MR) is 84.6 cm³/mol. The molecule has 0 saturated carbocycles. The number of ether oxygens (including phenoxy) is 1. The van der Waals surface area contributed by atoms with Gasteiger partial charge in [0.15, 0.2) is 0 Å². The van der Waals surface area contributed by atoms with Crippen molar-refractivity contribution >= 4 is 22.6 Å². The predicted octanol–water partition coefficient (Wildman–Crippen LogP) is 4.78. The topological polar surface area (TPSA) is 27.1 Å². The molecule has 0 spiro atoms. The van der Waals surface area contributed by atoms with Gasteiger partial charge in [-0.3, -0.25) is 0 Å². The number of hydrogen-bond acceptors (Lipinski definition) is 2. The number of rotatable bonds is 5. The summed E-state index contributed by atoms with van der Waals surface area (Å²) in [5, 5.41) is -0.101. The van der Waals surface area contributed by atoms with Gasteiger partial charge in [-0.25, -0.2) is 4.98 Å². The van der Waals surface area contributed by atoms with E-state index in [1.165, 1.54) is 0 Å². The minimum Gasteiger partial charge on any atom is -0.491 e. The summed E-state index contributed by atoms with van der Waals surface area (Å²) >= 11 is 6.27. The fourth-order valence-electron chi connectivity index (χ4n) is 2.33. The molecule has 20 heavy (non-hydrogen) atoms. The first-order chi connectivity index (χ1) is 9.38. The average molecular weight is 295 g/mol. The van der Waals surface area contributed by atoms with Gasteiger partial charge >= 0.3 is 0 Å². The number of aromatic nitrogens is 2. The van der Waals surface area contributed by atoms with Crippen molar-refractivity contribution in [3.63, 3.8) is 0 Å². The molecule has 0 aliphatic heterocycles. The Morgan fingerprint density at radius 2 is 1.90 bits per heavy atom. The van der Waals surface area contributed by atoms with Crippen molar-refractivity contribution in [1.29, 1.82) is 0 Å². The normalized spacial score (nSPS) is 13.4. The quantitative estimate of drug-likeness (QED) is 0.742. The maximum Gasteiger partial charge on any atom is 0.127 e. The monoisotopic (exact) mass is 294 g/mol.